The van der Waals surface area contributed by atoms with Gasteiger partial charge in [0.25, 0.3) is 11.8 Å². The summed E-state index contributed by atoms with van der Waals surface area (Å²) in [6.45, 7) is 0. The molecular weight excluding hydrogens is 160 g/mol. The lowest BCUT2D eigenvalue weighted by Gasteiger charge is -2.02. The van der Waals surface area contributed by atoms with Crippen molar-refractivity contribution in [1.82, 2.24) is 9.13 Å². The molecule has 5 heteroatoms. The summed E-state index contributed by atoms with van der Waals surface area (Å²) < 4.78 is 12.7. The number of nitrogens with zero attached hydrogens (tertiary/aromatic N) is 2. The number of methoxy groups -OCH3 is 2. The summed E-state index contributed by atoms with van der Waals surface area (Å²) >= 11 is 0. The molecule has 0 aliphatic carbocycles. The van der Waals surface area contributed by atoms with Crippen LogP contribution in [0.4, 0.5) is 0 Å². The zero-order valence-electron chi connectivity index (χ0n) is 7.62. The Balaban J connectivity index is 3.44. The van der Waals surface area contributed by atoms with Crippen LogP contribution in [0, 0.1) is 0 Å². The van der Waals surface area contributed by atoms with Gasteiger partial charge in [0.15, 0.2) is 0 Å². The summed E-state index contributed by atoms with van der Waals surface area (Å²) in [5, 5.41) is 0. The minimum Gasteiger partial charge on any atom is -0.478 e. The van der Waals surface area contributed by atoms with Crippen molar-refractivity contribution in [3.8, 4) is 11.8 Å². The van der Waals surface area contributed by atoms with Gasteiger partial charge in [-0.3, -0.25) is 9.13 Å². The van der Waals surface area contributed by atoms with Gasteiger partial charge < -0.3 is 9.47 Å². The Morgan fingerprint density at radius 2 is 1.33 bits per heavy atom. The zero-order valence-corrected chi connectivity index (χ0v) is 7.62. The topological polar surface area (TPSA) is 45.4 Å². The molecule has 1 rings (SSSR count). The summed E-state index contributed by atoms with van der Waals surface area (Å²) in [5.74, 6) is 0.870. The molecule has 0 amide bonds. The van der Waals surface area contributed by atoms with Crippen LogP contribution in [0.25, 0.3) is 0 Å². The maximum absolute atomic E-state index is 11.3. The molecule has 0 aliphatic rings. The molecule has 0 saturated heterocycles. The molecule has 1 aromatic heterocycles. The van der Waals surface area contributed by atoms with Crippen LogP contribution in [0.5, 0.6) is 11.8 Å². The third-order valence-corrected chi connectivity index (χ3v) is 1.75. The quantitative estimate of drug-likeness (QED) is 0.617. The fraction of sp³-hybridized carbons (Fsp3) is 0.571. The van der Waals surface area contributed by atoms with Crippen LogP contribution in [0.1, 0.15) is 0 Å². The standard InChI is InChI=1S/C7H12N2O3/c1-8-5(11-3)6(12-4)9(2)7(8)10/h1-4H3. The lowest BCUT2D eigenvalue weighted by atomic mass is 10.7. The second-order valence-corrected chi connectivity index (χ2v) is 2.42. The third-order valence-electron chi connectivity index (χ3n) is 1.75. The maximum atomic E-state index is 11.3. The molecular formula is C7H12N2O3. The maximum Gasteiger partial charge on any atom is 0.333 e. The Kier molecular flexibility index (Phi) is 2.12. The molecule has 0 aliphatic heterocycles. The SMILES string of the molecule is COc1c(OC)n(C)c(=O)n1C. The van der Waals surface area contributed by atoms with Crippen molar-refractivity contribution in [2.75, 3.05) is 14.2 Å². The van der Waals surface area contributed by atoms with E-state index in [-0.39, 0.29) is 5.69 Å². The zero-order chi connectivity index (χ0) is 9.30. The van der Waals surface area contributed by atoms with E-state index < -0.39 is 0 Å². The second kappa shape index (κ2) is 2.92. The molecule has 0 radical (unpaired) electrons. The number of ether oxygens (including phenoxy) is 2. The van der Waals surface area contributed by atoms with E-state index in [0.29, 0.717) is 11.8 Å². The highest BCUT2D eigenvalue weighted by Crippen LogP contribution is 2.22. The number of rotatable bonds is 2. The molecule has 0 saturated carbocycles. The first-order chi connectivity index (χ1) is 5.63. The molecule has 1 aromatic rings. The molecule has 0 spiro atoms. The molecule has 12 heavy (non-hydrogen) atoms. The molecule has 0 bridgehead atoms. The van der Waals surface area contributed by atoms with E-state index in [9.17, 15) is 4.79 Å². The van der Waals surface area contributed by atoms with Gasteiger partial charge in [-0.25, -0.2) is 4.79 Å². The molecule has 1 heterocycles. The van der Waals surface area contributed by atoms with Crippen molar-refractivity contribution in [3.63, 3.8) is 0 Å². The van der Waals surface area contributed by atoms with Gasteiger partial charge in [0.2, 0.25) is 0 Å². The Bertz CT molecular complexity index is 307. The van der Waals surface area contributed by atoms with Gasteiger partial charge in [-0.1, -0.05) is 0 Å². The Morgan fingerprint density at radius 3 is 1.58 bits per heavy atom. The first-order valence-electron chi connectivity index (χ1n) is 3.47. The van der Waals surface area contributed by atoms with Gasteiger partial charge in [-0.2, -0.15) is 0 Å². The van der Waals surface area contributed by atoms with Crippen molar-refractivity contribution in [1.29, 1.82) is 0 Å². The summed E-state index contributed by atoms with van der Waals surface area (Å²) in [7, 11) is 6.25. The molecule has 0 fully saturated rings. The first-order valence-corrected chi connectivity index (χ1v) is 3.47. The van der Waals surface area contributed by atoms with E-state index in [1.807, 2.05) is 0 Å². The van der Waals surface area contributed by atoms with Gasteiger partial charge in [-0.15, -0.1) is 0 Å². The van der Waals surface area contributed by atoms with Crippen molar-refractivity contribution in [2.45, 2.75) is 0 Å². The highest BCUT2D eigenvalue weighted by molar-refractivity contribution is 5.27. The Morgan fingerprint density at radius 1 is 1.00 bits per heavy atom. The monoisotopic (exact) mass is 172 g/mol. The second-order valence-electron chi connectivity index (χ2n) is 2.42. The van der Waals surface area contributed by atoms with Crippen LogP contribution in [-0.2, 0) is 14.1 Å². The highest BCUT2D eigenvalue weighted by atomic mass is 16.5. The van der Waals surface area contributed by atoms with E-state index in [4.69, 9.17) is 9.47 Å². The molecule has 0 atom stereocenters. The summed E-state index contributed by atoms with van der Waals surface area (Å²) in [6.07, 6.45) is 0. The minimum absolute atomic E-state index is 0.163. The van der Waals surface area contributed by atoms with Gasteiger partial charge in [0, 0.05) is 14.1 Å². The van der Waals surface area contributed by atoms with Crippen LogP contribution >= 0.6 is 0 Å². The van der Waals surface area contributed by atoms with Crippen LogP contribution in [-0.4, -0.2) is 23.4 Å². The number of hydrogen-bond acceptors (Lipinski definition) is 3. The smallest absolute Gasteiger partial charge is 0.333 e. The summed E-state index contributed by atoms with van der Waals surface area (Å²) in [4.78, 5) is 11.3. The van der Waals surface area contributed by atoms with E-state index in [2.05, 4.69) is 0 Å². The van der Waals surface area contributed by atoms with Crippen LogP contribution in [0.15, 0.2) is 4.79 Å². The largest absolute Gasteiger partial charge is 0.478 e. The molecule has 0 aromatic carbocycles. The lowest BCUT2D eigenvalue weighted by Crippen LogP contribution is -2.19. The molecule has 0 N–H and O–H groups in total. The Hall–Kier alpha value is -1.39. The predicted molar refractivity (Wildman–Crippen MR) is 43.8 cm³/mol. The number of aromatic nitrogens is 2. The van der Waals surface area contributed by atoms with E-state index >= 15 is 0 Å². The number of imidazole rings is 1. The Labute approximate surface area is 70.1 Å². The van der Waals surface area contributed by atoms with Crippen molar-refractivity contribution >= 4 is 0 Å². The van der Waals surface area contributed by atoms with Crippen LogP contribution in [0.3, 0.4) is 0 Å². The summed E-state index contributed by atoms with van der Waals surface area (Å²) in [5.41, 5.74) is -0.163. The summed E-state index contributed by atoms with van der Waals surface area (Å²) in [6, 6.07) is 0. The van der Waals surface area contributed by atoms with E-state index in [1.54, 1.807) is 14.1 Å². The minimum atomic E-state index is -0.163. The van der Waals surface area contributed by atoms with Gasteiger partial charge in [0.1, 0.15) is 0 Å². The van der Waals surface area contributed by atoms with Crippen LogP contribution < -0.4 is 15.2 Å². The van der Waals surface area contributed by atoms with Gasteiger partial charge in [-0.05, 0) is 0 Å². The van der Waals surface area contributed by atoms with Crippen molar-refractivity contribution in [2.24, 2.45) is 14.1 Å². The van der Waals surface area contributed by atoms with Crippen molar-refractivity contribution < 1.29 is 9.47 Å². The van der Waals surface area contributed by atoms with Gasteiger partial charge >= 0.3 is 5.69 Å². The van der Waals surface area contributed by atoms with Crippen LogP contribution in [0.2, 0.25) is 0 Å². The predicted octanol–water partition coefficient (Wildman–Crippen LogP) is -0.259. The fourth-order valence-corrected chi connectivity index (χ4v) is 1.13. The van der Waals surface area contributed by atoms with Gasteiger partial charge in [0.05, 0.1) is 14.2 Å². The first kappa shape index (κ1) is 8.70. The normalized spacial score (nSPS) is 10.0. The third kappa shape index (κ3) is 0.975. The van der Waals surface area contributed by atoms with E-state index in [1.165, 1.54) is 23.4 Å². The fourth-order valence-electron chi connectivity index (χ4n) is 1.13. The molecule has 5 nitrogen and oxygen atoms in total. The average molecular weight is 172 g/mol. The van der Waals surface area contributed by atoms with Crippen molar-refractivity contribution in [3.05, 3.63) is 10.5 Å². The average Bonchev–Trinajstić information content (AvgIpc) is 2.29. The van der Waals surface area contributed by atoms with E-state index in [0.717, 1.165) is 0 Å². The highest BCUT2D eigenvalue weighted by Gasteiger charge is 2.15. The lowest BCUT2D eigenvalue weighted by molar-refractivity contribution is 0.324. The molecule has 68 valence electrons. The molecule has 0 unspecified atom stereocenters. The number of hydrogen-bond donors (Lipinski definition) is 0.